The maximum atomic E-state index is 13.0. The van der Waals surface area contributed by atoms with Crippen LogP contribution < -0.4 is 11.1 Å². The molecule has 4 nitrogen and oxygen atoms in total. The van der Waals surface area contributed by atoms with Gasteiger partial charge in [-0.1, -0.05) is 67.6 Å². The summed E-state index contributed by atoms with van der Waals surface area (Å²) in [5.41, 5.74) is 8.21. The molecule has 2 aromatic rings. The van der Waals surface area contributed by atoms with E-state index in [9.17, 15) is 4.79 Å². The van der Waals surface area contributed by atoms with Gasteiger partial charge in [-0.3, -0.25) is 9.69 Å². The molecule has 0 radical (unpaired) electrons. The van der Waals surface area contributed by atoms with Crippen molar-refractivity contribution < 1.29 is 4.79 Å². The van der Waals surface area contributed by atoms with Crippen LogP contribution in [0.4, 0.5) is 0 Å². The molecule has 2 aromatic carbocycles. The second-order valence-electron chi connectivity index (χ2n) is 7.67. The highest BCUT2D eigenvalue weighted by Gasteiger charge is 2.37. The fourth-order valence-electron chi connectivity index (χ4n) is 3.64. The zero-order chi connectivity index (χ0) is 18.6. The Balaban J connectivity index is 0.00000261. The lowest BCUT2D eigenvalue weighted by molar-refractivity contribution is -0.126. The summed E-state index contributed by atoms with van der Waals surface area (Å²) < 4.78 is 0. The molecule has 0 aromatic heterocycles. The second kappa shape index (κ2) is 9.36. The maximum absolute atomic E-state index is 13.0. The minimum Gasteiger partial charge on any atom is -0.344 e. The van der Waals surface area contributed by atoms with Crippen LogP contribution in [0.15, 0.2) is 60.7 Å². The van der Waals surface area contributed by atoms with E-state index < -0.39 is 0 Å². The number of benzene rings is 2. The van der Waals surface area contributed by atoms with E-state index in [0.29, 0.717) is 6.54 Å². The molecular weight excluding hydrogens is 358 g/mol. The number of hydrogen-bond donors (Lipinski definition) is 2. The first-order chi connectivity index (χ1) is 12.5. The Morgan fingerprint density at radius 1 is 1.11 bits per heavy atom. The largest absolute Gasteiger partial charge is 0.344 e. The Labute approximate surface area is 168 Å². The van der Waals surface area contributed by atoms with Crippen molar-refractivity contribution in [2.24, 2.45) is 11.1 Å². The Kier molecular flexibility index (Phi) is 7.42. The van der Waals surface area contributed by atoms with Crippen LogP contribution in [0.3, 0.4) is 0 Å². The highest BCUT2D eigenvalue weighted by atomic mass is 35.5. The molecule has 1 saturated heterocycles. The Morgan fingerprint density at radius 3 is 2.07 bits per heavy atom. The number of hydrogen-bond acceptors (Lipinski definition) is 3. The van der Waals surface area contributed by atoms with Crippen LogP contribution in [-0.2, 0) is 4.79 Å². The zero-order valence-electron chi connectivity index (χ0n) is 16.1. The number of halogens is 1. The molecule has 0 bridgehead atoms. The van der Waals surface area contributed by atoms with Crippen molar-refractivity contribution in [1.82, 2.24) is 10.2 Å². The molecule has 1 fully saturated rings. The summed E-state index contributed by atoms with van der Waals surface area (Å²) in [5.74, 6) is 0.0592. The lowest BCUT2D eigenvalue weighted by Crippen LogP contribution is -2.46. The molecular formula is C22H30ClN3O. The van der Waals surface area contributed by atoms with Gasteiger partial charge in [0, 0.05) is 6.54 Å². The standard InChI is InChI=1S/C22H29N3O.ClH/c1-17(25-14-13-22(2,15-23)16-25)21(26)24-20(18-9-5-3-6-10-18)19-11-7-4-8-12-19;/h3-12,17,20H,13-16,23H2,1-2H3,(H,24,26);1H. The van der Waals surface area contributed by atoms with Gasteiger partial charge in [0.05, 0.1) is 12.1 Å². The topological polar surface area (TPSA) is 58.4 Å². The van der Waals surface area contributed by atoms with E-state index in [-0.39, 0.29) is 35.8 Å². The van der Waals surface area contributed by atoms with Gasteiger partial charge in [-0.2, -0.15) is 0 Å². The molecule has 3 N–H and O–H groups in total. The zero-order valence-corrected chi connectivity index (χ0v) is 16.9. The average Bonchev–Trinajstić information content (AvgIpc) is 3.09. The molecule has 0 saturated carbocycles. The molecule has 1 aliphatic rings. The van der Waals surface area contributed by atoms with E-state index in [0.717, 1.165) is 30.6 Å². The number of nitrogens with one attached hydrogen (secondary N) is 1. The van der Waals surface area contributed by atoms with Crippen LogP contribution in [-0.4, -0.2) is 36.5 Å². The second-order valence-corrected chi connectivity index (χ2v) is 7.67. The fraction of sp³-hybridized carbons (Fsp3) is 0.409. The van der Waals surface area contributed by atoms with Gasteiger partial charge in [-0.15, -0.1) is 12.4 Å². The van der Waals surface area contributed by atoms with Crippen molar-refractivity contribution in [1.29, 1.82) is 0 Å². The number of carbonyl (C=O) groups is 1. The maximum Gasteiger partial charge on any atom is 0.237 e. The first-order valence-electron chi connectivity index (χ1n) is 9.37. The number of likely N-dealkylation sites (tertiary alicyclic amines) is 1. The number of rotatable bonds is 6. The van der Waals surface area contributed by atoms with E-state index in [4.69, 9.17) is 5.73 Å². The van der Waals surface area contributed by atoms with E-state index in [1.165, 1.54) is 0 Å². The summed E-state index contributed by atoms with van der Waals surface area (Å²) in [7, 11) is 0. The lowest BCUT2D eigenvalue weighted by Gasteiger charge is -2.28. The van der Waals surface area contributed by atoms with Crippen LogP contribution in [0.25, 0.3) is 0 Å². The van der Waals surface area contributed by atoms with Crippen molar-refractivity contribution >= 4 is 18.3 Å². The van der Waals surface area contributed by atoms with Gasteiger partial charge in [-0.25, -0.2) is 0 Å². The SMILES string of the molecule is CC(C(=O)NC(c1ccccc1)c1ccccc1)N1CCC(C)(CN)C1.Cl. The van der Waals surface area contributed by atoms with E-state index in [2.05, 4.69) is 41.4 Å². The number of nitrogens with two attached hydrogens (primary N) is 1. The number of carbonyl (C=O) groups excluding carboxylic acids is 1. The predicted molar refractivity (Wildman–Crippen MR) is 113 cm³/mol. The third-order valence-corrected chi connectivity index (χ3v) is 5.56. The van der Waals surface area contributed by atoms with Crippen molar-refractivity contribution in [3.8, 4) is 0 Å². The quantitative estimate of drug-likeness (QED) is 0.798. The molecule has 0 spiro atoms. The van der Waals surface area contributed by atoms with Crippen molar-refractivity contribution in [3.05, 3.63) is 71.8 Å². The van der Waals surface area contributed by atoms with Crippen molar-refractivity contribution in [2.45, 2.75) is 32.4 Å². The van der Waals surface area contributed by atoms with Crippen LogP contribution in [0.5, 0.6) is 0 Å². The van der Waals surface area contributed by atoms with Crippen LogP contribution in [0.2, 0.25) is 0 Å². The first-order valence-corrected chi connectivity index (χ1v) is 9.37. The van der Waals surface area contributed by atoms with Gasteiger partial charge >= 0.3 is 0 Å². The molecule has 146 valence electrons. The molecule has 0 aliphatic carbocycles. The van der Waals surface area contributed by atoms with Crippen LogP contribution >= 0.6 is 12.4 Å². The van der Waals surface area contributed by atoms with Gasteiger partial charge < -0.3 is 11.1 Å². The number of nitrogens with zero attached hydrogens (tertiary/aromatic N) is 1. The van der Waals surface area contributed by atoms with Gasteiger partial charge in [0.15, 0.2) is 0 Å². The van der Waals surface area contributed by atoms with Crippen molar-refractivity contribution in [2.75, 3.05) is 19.6 Å². The number of amides is 1. The van der Waals surface area contributed by atoms with Gasteiger partial charge in [0.1, 0.15) is 0 Å². The lowest BCUT2D eigenvalue weighted by atomic mass is 9.90. The van der Waals surface area contributed by atoms with Gasteiger partial charge in [-0.05, 0) is 43.0 Å². The summed E-state index contributed by atoms with van der Waals surface area (Å²) >= 11 is 0. The molecule has 1 aliphatic heterocycles. The minimum atomic E-state index is -0.168. The molecule has 2 atom stereocenters. The summed E-state index contributed by atoms with van der Waals surface area (Å²) in [5, 5.41) is 3.26. The molecule has 1 amide bonds. The summed E-state index contributed by atoms with van der Waals surface area (Å²) in [6.07, 6.45) is 1.04. The first kappa shape index (κ1) is 21.4. The highest BCUT2D eigenvalue weighted by Crippen LogP contribution is 2.30. The summed E-state index contributed by atoms with van der Waals surface area (Å²) in [6, 6.07) is 19.9. The third-order valence-electron chi connectivity index (χ3n) is 5.56. The molecule has 27 heavy (non-hydrogen) atoms. The van der Waals surface area contributed by atoms with Crippen LogP contribution in [0.1, 0.15) is 37.4 Å². The van der Waals surface area contributed by atoms with E-state index in [1.807, 2.05) is 43.3 Å². The molecule has 2 unspecified atom stereocenters. The third kappa shape index (κ3) is 5.10. The van der Waals surface area contributed by atoms with Crippen molar-refractivity contribution in [3.63, 3.8) is 0 Å². The smallest absolute Gasteiger partial charge is 0.237 e. The van der Waals surface area contributed by atoms with Crippen LogP contribution in [0, 0.1) is 5.41 Å². The predicted octanol–water partition coefficient (Wildman–Crippen LogP) is 3.37. The highest BCUT2D eigenvalue weighted by molar-refractivity contribution is 5.85. The fourth-order valence-corrected chi connectivity index (χ4v) is 3.64. The Morgan fingerprint density at radius 2 is 1.63 bits per heavy atom. The summed E-state index contributed by atoms with van der Waals surface area (Å²) in [6.45, 7) is 6.65. The van der Waals surface area contributed by atoms with Gasteiger partial charge in [0.2, 0.25) is 5.91 Å². The van der Waals surface area contributed by atoms with E-state index in [1.54, 1.807) is 0 Å². The Bertz CT molecular complexity index is 685. The van der Waals surface area contributed by atoms with Gasteiger partial charge in [0.25, 0.3) is 0 Å². The molecule has 5 heteroatoms. The Hall–Kier alpha value is -1.88. The average molecular weight is 388 g/mol. The summed E-state index contributed by atoms with van der Waals surface area (Å²) in [4.78, 5) is 15.2. The molecule has 1 heterocycles. The minimum absolute atomic E-state index is 0. The molecule has 3 rings (SSSR count). The monoisotopic (exact) mass is 387 g/mol. The normalized spacial score (nSPS) is 20.9. The van der Waals surface area contributed by atoms with E-state index >= 15 is 0 Å².